The molecule has 1 aliphatic rings. The zero-order valence-corrected chi connectivity index (χ0v) is 16.5. The molecule has 1 heterocycles. The van der Waals surface area contributed by atoms with E-state index in [-0.39, 0.29) is 17.8 Å². The second-order valence-corrected chi connectivity index (χ2v) is 9.46. The van der Waals surface area contributed by atoms with E-state index in [9.17, 15) is 13.5 Å². The van der Waals surface area contributed by atoms with Crippen molar-refractivity contribution in [2.24, 2.45) is 11.8 Å². The van der Waals surface area contributed by atoms with Gasteiger partial charge in [0, 0.05) is 11.8 Å². The van der Waals surface area contributed by atoms with Gasteiger partial charge in [0.25, 0.3) is 0 Å². The minimum absolute atomic E-state index is 0.0119. The van der Waals surface area contributed by atoms with Gasteiger partial charge in [-0.05, 0) is 29.5 Å². The first kappa shape index (κ1) is 19.1. The number of fused-ring (bicyclic) bond motifs is 1. The van der Waals surface area contributed by atoms with Gasteiger partial charge < -0.3 is 5.11 Å². The van der Waals surface area contributed by atoms with Gasteiger partial charge in [0.05, 0.1) is 16.2 Å². The summed E-state index contributed by atoms with van der Waals surface area (Å²) in [6.07, 6.45) is 0.665. The molecule has 0 aliphatic carbocycles. The maximum atomic E-state index is 13.6. The first-order valence-corrected chi connectivity index (χ1v) is 11.0. The molecule has 1 N–H and O–H groups in total. The van der Waals surface area contributed by atoms with Crippen molar-refractivity contribution >= 4 is 9.84 Å². The molecule has 3 rings (SSSR count). The normalized spacial score (nSPS) is 28.8. The maximum absolute atomic E-state index is 13.6. The molecule has 0 spiro atoms. The summed E-state index contributed by atoms with van der Waals surface area (Å²) in [4.78, 5) is 0.383. The van der Waals surface area contributed by atoms with Crippen LogP contribution in [0, 0.1) is 11.8 Å². The summed E-state index contributed by atoms with van der Waals surface area (Å²) in [5, 5.41) is 10.8. The first-order chi connectivity index (χ1) is 12.4. The van der Waals surface area contributed by atoms with E-state index in [1.54, 1.807) is 12.1 Å². The molecule has 3 nitrogen and oxygen atoms in total. The number of rotatable bonds is 4. The Balaban J connectivity index is 2.30. The minimum atomic E-state index is -3.53. The highest BCUT2D eigenvalue weighted by Gasteiger charge is 2.47. The van der Waals surface area contributed by atoms with Gasteiger partial charge in [-0.1, -0.05) is 75.7 Å². The number of aliphatic hydroxyl groups is 1. The smallest absolute Gasteiger partial charge is 0.182 e. The van der Waals surface area contributed by atoms with Gasteiger partial charge in [-0.2, -0.15) is 0 Å². The summed E-state index contributed by atoms with van der Waals surface area (Å²) >= 11 is 0. The van der Waals surface area contributed by atoms with Crippen molar-refractivity contribution in [2.75, 3.05) is 0 Å². The van der Waals surface area contributed by atoms with Crippen LogP contribution in [-0.4, -0.2) is 24.9 Å². The van der Waals surface area contributed by atoms with E-state index >= 15 is 0 Å². The van der Waals surface area contributed by atoms with Crippen LogP contribution >= 0.6 is 0 Å². The molecule has 2 aromatic rings. The number of aliphatic hydroxyl groups excluding tert-OH is 1. The van der Waals surface area contributed by atoms with Gasteiger partial charge >= 0.3 is 0 Å². The van der Waals surface area contributed by atoms with Crippen LogP contribution in [0.15, 0.2) is 59.5 Å². The largest absolute Gasteiger partial charge is 0.392 e. The van der Waals surface area contributed by atoms with Gasteiger partial charge in [0.2, 0.25) is 0 Å². The quantitative estimate of drug-likeness (QED) is 0.865. The summed E-state index contributed by atoms with van der Waals surface area (Å²) in [6, 6.07) is 17.0. The Labute approximate surface area is 157 Å². The van der Waals surface area contributed by atoms with E-state index in [1.165, 1.54) is 0 Å². The SMILES string of the molecule is CCC(C)C1C(CC)C(O)C(c2ccccc2)c2ccccc2S1(=O)=O. The van der Waals surface area contributed by atoms with Crippen LogP contribution in [0.1, 0.15) is 50.7 Å². The molecule has 0 saturated heterocycles. The highest BCUT2D eigenvalue weighted by Crippen LogP contribution is 2.45. The Bertz CT molecular complexity index is 845. The molecule has 0 radical (unpaired) electrons. The van der Waals surface area contributed by atoms with E-state index in [1.807, 2.05) is 63.2 Å². The Kier molecular flexibility index (Phi) is 5.54. The molecule has 140 valence electrons. The zero-order valence-electron chi connectivity index (χ0n) is 15.7. The third kappa shape index (κ3) is 3.10. The minimum Gasteiger partial charge on any atom is -0.392 e. The summed E-state index contributed by atoms with van der Waals surface area (Å²) in [6.45, 7) is 5.99. The molecule has 26 heavy (non-hydrogen) atoms. The molecular weight excluding hydrogens is 344 g/mol. The Morgan fingerprint density at radius 3 is 2.23 bits per heavy atom. The van der Waals surface area contributed by atoms with Crippen LogP contribution in [0.2, 0.25) is 0 Å². The van der Waals surface area contributed by atoms with Crippen LogP contribution < -0.4 is 0 Å². The molecule has 4 heteroatoms. The van der Waals surface area contributed by atoms with E-state index in [0.717, 1.165) is 17.5 Å². The molecule has 0 aromatic heterocycles. The summed E-state index contributed by atoms with van der Waals surface area (Å²) in [7, 11) is -3.53. The van der Waals surface area contributed by atoms with E-state index in [4.69, 9.17) is 0 Å². The third-order valence-corrected chi connectivity index (χ3v) is 8.47. The average Bonchev–Trinajstić information content (AvgIpc) is 2.73. The predicted molar refractivity (Wildman–Crippen MR) is 105 cm³/mol. The molecule has 0 amide bonds. The number of hydrogen-bond donors (Lipinski definition) is 1. The summed E-state index contributed by atoms with van der Waals surface area (Å²) in [5.74, 6) is -0.643. The van der Waals surface area contributed by atoms with Crippen molar-refractivity contribution in [3.05, 3.63) is 65.7 Å². The van der Waals surface area contributed by atoms with E-state index in [0.29, 0.717) is 11.3 Å². The van der Waals surface area contributed by atoms with Crippen molar-refractivity contribution in [1.82, 2.24) is 0 Å². The van der Waals surface area contributed by atoms with Crippen LogP contribution in [0.25, 0.3) is 0 Å². The predicted octanol–water partition coefficient (Wildman–Crippen LogP) is 4.41. The highest BCUT2D eigenvalue weighted by atomic mass is 32.2. The fourth-order valence-electron chi connectivity index (χ4n) is 4.47. The lowest BCUT2D eigenvalue weighted by Crippen LogP contribution is -2.41. The Hall–Kier alpha value is -1.65. The molecule has 5 unspecified atom stereocenters. The lowest BCUT2D eigenvalue weighted by molar-refractivity contribution is 0.0795. The molecule has 1 aliphatic heterocycles. The van der Waals surface area contributed by atoms with Crippen LogP contribution in [-0.2, 0) is 9.84 Å². The lowest BCUT2D eigenvalue weighted by atomic mass is 9.77. The molecule has 0 bridgehead atoms. The van der Waals surface area contributed by atoms with Crippen molar-refractivity contribution in [3.63, 3.8) is 0 Å². The van der Waals surface area contributed by atoms with Gasteiger partial charge in [0.1, 0.15) is 0 Å². The molecule has 0 saturated carbocycles. The first-order valence-electron chi connectivity index (χ1n) is 9.49. The number of hydrogen-bond acceptors (Lipinski definition) is 3. The molecular formula is C22H28O3S. The van der Waals surface area contributed by atoms with Crippen molar-refractivity contribution in [3.8, 4) is 0 Å². The maximum Gasteiger partial charge on any atom is 0.182 e. The molecule has 5 atom stereocenters. The standard InChI is InChI=1S/C22H28O3S/c1-4-15(3)22-17(5-2)21(23)20(16-11-7-6-8-12-16)18-13-9-10-14-19(18)26(22,24)25/h6-15,17,20-23H,4-5H2,1-3H3. The van der Waals surface area contributed by atoms with Crippen LogP contribution in [0.5, 0.6) is 0 Å². The Morgan fingerprint density at radius 1 is 1.00 bits per heavy atom. The monoisotopic (exact) mass is 372 g/mol. The van der Waals surface area contributed by atoms with Crippen molar-refractivity contribution in [2.45, 2.75) is 55.8 Å². The fraction of sp³-hybridized carbons (Fsp3) is 0.455. The van der Waals surface area contributed by atoms with Gasteiger partial charge in [-0.15, -0.1) is 0 Å². The second-order valence-electron chi connectivity index (χ2n) is 7.38. The Morgan fingerprint density at radius 2 is 1.62 bits per heavy atom. The van der Waals surface area contributed by atoms with Gasteiger partial charge in [0.15, 0.2) is 9.84 Å². The van der Waals surface area contributed by atoms with E-state index in [2.05, 4.69) is 0 Å². The second kappa shape index (κ2) is 7.53. The number of benzene rings is 2. The van der Waals surface area contributed by atoms with Gasteiger partial charge in [-0.25, -0.2) is 8.42 Å². The summed E-state index contributed by atoms with van der Waals surface area (Å²) in [5.41, 5.74) is 1.68. The topological polar surface area (TPSA) is 54.4 Å². The van der Waals surface area contributed by atoms with Crippen LogP contribution in [0.4, 0.5) is 0 Å². The summed E-state index contributed by atoms with van der Waals surface area (Å²) < 4.78 is 27.2. The number of sulfone groups is 1. The molecule has 0 fully saturated rings. The molecule has 2 aromatic carbocycles. The van der Waals surface area contributed by atoms with Gasteiger partial charge in [-0.3, -0.25) is 0 Å². The van der Waals surface area contributed by atoms with Crippen LogP contribution in [0.3, 0.4) is 0 Å². The van der Waals surface area contributed by atoms with Crippen molar-refractivity contribution < 1.29 is 13.5 Å². The van der Waals surface area contributed by atoms with E-state index < -0.39 is 21.2 Å². The lowest BCUT2D eigenvalue weighted by Gasteiger charge is -2.33. The highest BCUT2D eigenvalue weighted by molar-refractivity contribution is 7.92. The zero-order chi connectivity index (χ0) is 18.9. The fourth-order valence-corrected chi connectivity index (χ4v) is 7.17. The third-order valence-electron chi connectivity index (χ3n) is 5.96. The average molecular weight is 373 g/mol. The van der Waals surface area contributed by atoms with Crippen molar-refractivity contribution in [1.29, 1.82) is 0 Å².